The van der Waals surface area contributed by atoms with Gasteiger partial charge in [-0.15, -0.1) is 0 Å². The predicted octanol–water partition coefficient (Wildman–Crippen LogP) is 2.78. The van der Waals surface area contributed by atoms with Gasteiger partial charge in [-0.25, -0.2) is 4.79 Å². The summed E-state index contributed by atoms with van der Waals surface area (Å²) >= 11 is 0. The van der Waals surface area contributed by atoms with Gasteiger partial charge in [0.15, 0.2) is 0 Å². The molecule has 0 spiro atoms. The fourth-order valence-electron chi connectivity index (χ4n) is 3.15. The smallest absolute Gasteiger partial charge is 0.408 e. The third-order valence-corrected chi connectivity index (χ3v) is 4.92. The number of hydrogen-bond acceptors (Lipinski definition) is 6. The lowest BCUT2D eigenvalue weighted by Crippen LogP contribution is -2.54. The molecule has 1 rings (SSSR count). The van der Waals surface area contributed by atoms with Gasteiger partial charge < -0.3 is 25.0 Å². The normalized spacial score (nSPS) is 13.0. The van der Waals surface area contributed by atoms with E-state index in [-0.39, 0.29) is 6.54 Å². The molecule has 0 aliphatic heterocycles. The molecule has 9 heteroatoms. The van der Waals surface area contributed by atoms with Crippen LogP contribution in [0.5, 0.6) is 0 Å². The van der Waals surface area contributed by atoms with Crippen molar-refractivity contribution in [2.45, 2.75) is 79.1 Å². The summed E-state index contributed by atoms with van der Waals surface area (Å²) < 4.78 is 9.85. The van der Waals surface area contributed by atoms with Crippen molar-refractivity contribution in [3.05, 3.63) is 34.9 Å². The molecule has 0 aliphatic carbocycles. The van der Waals surface area contributed by atoms with E-state index in [0.717, 1.165) is 11.1 Å². The number of nitrogens with one attached hydrogen (secondary N) is 2. The lowest BCUT2D eigenvalue weighted by molar-refractivity contribution is -0.146. The first-order valence-corrected chi connectivity index (χ1v) is 10.9. The van der Waals surface area contributed by atoms with Crippen LogP contribution in [0.25, 0.3) is 0 Å². The molecule has 0 aliphatic rings. The van der Waals surface area contributed by atoms with Gasteiger partial charge in [0.1, 0.15) is 24.2 Å². The monoisotopic (exact) mass is 463 g/mol. The lowest BCUT2D eigenvalue weighted by Gasteiger charge is -2.36. The molecule has 3 amide bonds. The van der Waals surface area contributed by atoms with E-state index in [9.17, 15) is 19.2 Å². The minimum atomic E-state index is -1.02. The first kappa shape index (κ1) is 27.9. The van der Waals surface area contributed by atoms with Crippen molar-refractivity contribution in [3.63, 3.8) is 0 Å². The summed E-state index contributed by atoms with van der Waals surface area (Å²) in [5.74, 6) is -1.60. The third kappa shape index (κ3) is 8.40. The Morgan fingerprint density at radius 2 is 1.64 bits per heavy atom. The predicted molar refractivity (Wildman–Crippen MR) is 124 cm³/mol. The van der Waals surface area contributed by atoms with Crippen LogP contribution in [0.4, 0.5) is 4.79 Å². The van der Waals surface area contributed by atoms with E-state index < -0.39 is 47.6 Å². The molecule has 2 N–H and O–H groups in total. The van der Waals surface area contributed by atoms with E-state index >= 15 is 0 Å². The van der Waals surface area contributed by atoms with E-state index in [1.807, 2.05) is 26.0 Å². The van der Waals surface area contributed by atoms with Crippen molar-refractivity contribution in [1.82, 2.24) is 15.5 Å². The maximum atomic E-state index is 13.4. The van der Waals surface area contributed by atoms with E-state index in [1.165, 1.54) is 18.9 Å². The van der Waals surface area contributed by atoms with Crippen molar-refractivity contribution in [1.29, 1.82) is 0 Å². The summed E-state index contributed by atoms with van der Waals surface area (Å²) in [5, 5.41) is 5.09. The van der Waals surface area contributed by atoms with E-state index in [0.29, 0.717) is 5.56 Å². The van der Waals surface area contributed by atoms with E-state index in [4.69, 9.17) is 4.74 Å². The molecule has 0 bridgehead atoms. The molecule has 1 aromatic rings. The van der Waals surface area contributed by atoms with Crippen LogP contribution in [-0.2, 0) is 23.9 Å². The number of carbonyl (C=O) groups excluding carboxylic acids is 4. The van der Waals surface area contributed by atoms with Gasteiger partial charge in [-0.3, -0.25) is 14.4 Å². The first-order valence-electron chi connectivity index (χ1n) is 10.9. The Balaban J connectivity index is 3.32. The number of nitrogens with zero attached hydrogens (tertiary/aromatic N) is 1. The number of alkyl carbamates (subject to hydrolysis) is 1. The topological polar surface area (TPSA) is 114 Å². The van der Waals surface area contributed by atoms with Crippen LogP contribution in [0.1, 0.15) is 64.3 Å². The minimum Gasteiger partial charge on any atom is -0.468 e. The molecule has 0 aromatic heterocycles. The zero-order valence-electron chi connectivity index (χ0n) is 21.1. The van der Waals surface area contributed by atoms with E-state index in [1.54, 1.807) is 40.7 Å². The molecule has 2 unspecified atom stereocenters. The standard InChI is InChI=1S/C24H37N3O6/c1-14(2)27(22(30)17(5)26-23(31)33-24(6,7)8)20(21(29)25-13-19(28)32-9)18-11-10-15(3)16(4)12-18/h10-12,14,17,20H,13H2,1-9H3,(H,25,29)(H,26,31). The fraction of sp³-hybridized carbons (Fsp3) is 0.583. The van der Waals surface area contributed by atoms with Crippen molar-refractivity contribution in [2.24, 2.45) is 0 Å². The average Bonchev–Trinajstić information content (AvgIpc) is 2.69. The number of benzene rings is 1. The van der Waals surface area contributed by atoms with Crippen LogP contribution in [0, 0.1) is 13.8 Å². The second-order valence-corrected chi connectivity index (χ2v) is 9.25. The molecule has 0 fully saturated rings. The molecule has 0 saturated carbocycles. The summed E-state index contributed by atoms with van der Waals surface area (Å²) in [5.41, 5.74) is 1.86. The van der Waals surface area contributed by atoms with Gasteiger partial charge in [0.05, 0.1) is 7.11 Å². The Labute approximate surface area is 196 Å². The molecule has 1 aromatic carbocycles. The number of amides is 3. The van der Waals surface area contributed by atoms with Gasteiger partial charge in [0.2, 0.25) is 11.8 Å². The Bertz CT molecular complexity index is 875. The quantitative estimate of drug-likeness (QED) is 0.573. The Morgan fingerprint density at radius 3 is 2.12 bits per heavy atom. The number of rotatable bonds is 8. The van der Waals surface area contributed by atoms with Crippen LogP contribution in [0.2, 0.25) is 0 Å². The van der Waals surface area contributed by atoms with Gasteiger partial charge in [-0.1, -0.05) is 18.2 Å². The first-order chi connectivity index (χ1) is 15.2. The fourth-order valence-corrected chi connectivity index (χ4v) is 3.15. The molecule has 184 valence electrons. The van der Waals surface area contributed by atoms with Gasteiger partial charge in [0, 0.05) is 6.04 Å². The maximum absolute atomic E-state index is 13.4. The summed E-state index contributed by atoms with van der Waals surface area (Å²) in [4.78, 5) is 51.8. The van der Waals surface area contributed by atoms with Gasteiger partial charge in [0.25, 0.3) is 0 Å². The lowest BCUT2D eigenvalue weighted by atomic mass is 9.97. The van der Waals surface area contributed by atoms with E-state index in [2.05, 4.69) is 15.4 Å². The summed E-state index contributed by atoms with van der Waals surface area (Å²) in [7, 11) is 1.23. The number of methoxy groups -OCH3 is 1. The largest absolute Gasteiger partial charge is 0.468 e. The zero-order valence-corrected chi connectivity index (χ0v) is 21.1. The highest BCUT2D eigenvalue weighted by molar-refractivity contribution is 5.93. The second kappa shape index (κ2) is 11.7. The number of carbonyl (C=O) groups is 4. The van der Waals surface area contributed by atoms with Crippen LogP contribution in [0.15, 0.2) is 18.2 Å². The summed E-state index contributed by atoms with van der Waals surface area (Å²) in [6.45, 7) is 13.8. The van der Waals surface area contributed by atoms with Crippen LogP contribution in [0.3, 0.4) is 0 Å². The summed E-state index contributed by atoms with van der Waals surface area (Å²) in [6.07, 6.45) is -0.732. The maximum Gasteiger partial charge on any atom is 0.408 e. The van der Waals surface area contributed by atoms with Gasteiger partial charge in [-0.2, -0.15) is 0 Å². The SMILES string of the molecule is COC(=O)CNC(=O)C(c1ccc(C)c(C)c1)N(C(=O)C(C)NC(=O)OC(C)(C)C)C(C)C. The van der Waals surface area contributed by atoms with Crippen LogP contribution in [-0.4, -0.2) is 60.1 Å². The highest BCUT2D eigenvalue weighted by atomic mass is 16.6. The Kier molecular flexibility index (Phi) is 9.88. The highest BCUT2D eigenvalue weighted by Crippen LogP contribution is 2.26. The molecule has 0 radical (unpaired) electrons. The van der Waals surface area contributed by atoms with Crippen molar-refractivity contribution in [3.8, 4) is 0 Å². The van der Waals surface area contributed by atoms with Crippen LogP contribution < -0.4 is 10.6 Å². The van der Waals surface area contributed by atoms with Crippen LogP contribution >= 0.6 is 0 Å². The summed E-state index contributed by atoms with van der Waals surface area (Å²) in [6, 6.07) is 3.12. The number of hydrogen-bond donors (Lipinski definition) is 2. The molecule has 0 heterocycles. The molecular weight excluding hydrogens is 426 g/mol. The molecule has 33 heavy (non-hydrogen) atoms. The molecule has 9 nitrogen and oxygen atoms in total. The van der Waals surface area contributed by atoms with Gasteiger partial charge >= 0.3 is 12.1 Å². The third-order valence-electron chi connectivity index (χ3n) is 4.92. The van der Waals surface area contributed by atoms with Gasteiger partial charge in [-0.05, 0) is 72.1 Å². The van der Waals surface area contributed by atoms with Crippen molar-refractivity contribution < 1.29 is 28.7 Å². The molecule has 0 saturated heterocycles. The average molecular weight is 464 g/mol. The highest BCUT2D eigenvalue weighted by Gasteiger charge is 2.36. The molecule has 2 atom stereocenters. The molecular formula is C24H37N3O6. The second-order valence-electron chi connectivity index (χ2n) is 9.25. The van der Waals surface area contributed by atoms with Crippen molar-refractivity contribution in [2.75, 3.05) is 13.7 Å². The minimum absolute atomic E-state index is 0.331. The number of ether oxygens (including phenoxy) is 2. The van der Waals surface area contributed by atoms with Crippen molar-refractivity contribution >= 4 is 23.9 Å². The Hall–Kier alpha value is -3.10. The number of aryl methyl sites for hydroxylation is 2. The number of esters is 1. The Morgan fingerprint density at radius 1 is 1.03 bits per heavy atom. The zero-order chi connectivity index (χ0) is 25.5.